The van der Waals surface area contributed by atoms with Crippen molar-refractivity contribution in [2.24, 2.45) is 0 Å². The van der Waals surface area contributed by atoms with Gasteiger partial charge in [-0.15, -0.1) is 0 Å². The number of amides is 1. The third-order valence-electron chi connectivity index (χ3n) is 5.11. The second-order valence-corrected chi connectivity index (χ2v) is 10.3. The highest BCUT2D eigenvalue weighted by Crippen LogP contribution is 2.22. The molecule has 32 heavy (non-hydrogen) atoms. The number of rotatable bonds is 8. The molecule has 0 fully saturated rings. The fourth-order valence-corrected chi connectivity index (χ4v) is 4.23. The molecular weight excluding hydrogens is 422 g/mol. The Morgan fingerprint density at radius 3 is 1.97 bits per heavy atom. The summed E-state index contributed by atoms with van der Waals surface area (Å²) in [5.74, 6) is -0.294. The summed E-state index contributed by atoms with van der Waals surface area (Å²) in [6.45, 7) is 6.41. The van der Waals surface area contributed by atoms with E-state index in [2.05, 4.69) is 36.3 Å². The van der Waals surface area contributed by atoms with Crippen molar-refractivity contribution in [3.63, 3.8) is 0 Å². The Hall–Kier alpha value is -3.00. The molecule has 0 spiro atoms. The van der Waals surface area contributed by atoms with Crippen LogP contribution in [-0.4, -0.2) is 20.9 Å². The first-order valence-electron chi connectivity index (χ1n) is 10.4. The molecule has 0 bridgehead atoms. The summed E-state index contributed by atoms with van der Waals surface area (Å²) in [6.07, 6.45) is 0. The van der Waals surface area contributed by atoms with Gasteiger partial charge in [-0.05, 0) is 40.8 Å². The van der Waals surface area contributed by atoms with Crippen molar-refractivity contribution in [3.8, 4) is 0 Å². The van der Waals surface area contributed by atoms with Gasteiger partial charge in [0.15, 0.2) is 0 Å². The van der Waals surface area contributed by atoms with Crippen LogP contribution in [0.1, 0.15) is 48.3 Å². The molecule has 3 aromatic rings. The average Bonchev–Trinajstić information content (AvgIpc) is 2.79. The topological polar surface area (TPSA) is 87.3 Å². The number of sulfonamides is 1. The molecule has 0 aliphatic rings. The molecule has 0 saturated carbocycles. The Morgan fingerprint density at radius 1 is 0.844 bits per heavy atom. The van der Waals surface area contributed by atoms with E-state index < -0.39 is 16.1 Å². The smallest absolute Gasteiger partial charge is 0.265 e. The van der Waals surface area contributed by atoms with Crippen LogP contribution in [0.2, 0.25) is 0 Å². The highest BCUT2D eigenvalue weighted by molar-refractivity contribution is 7.89. The molecule has 168 valence electrons. The highest BCUT2D eigenvalue weighted by atomic mass is 32.2. The van der Waals surface area contributed by atoms with Gasteiger partial charge in [-0.2, -0.15) is 0 Å². The summed E-state index contributed by atoms with van der Waals surface area (Å²) in [7, 11) is -3.68. The number of hydrogen-bond acceptors (Lipinski definition) is 4. The van der Waals surface area contributed by atoms with Crippen LogP contribution in [0.5, 0.6) is 0 Å². The lowest BCUT2D eigenvalue weighted by Crippen LogP contribution is -2.44. The summed E-state index contributed by atoms with van der Waals surface area (Å²) >= 11 is 0. The lowest BCUT2D eigenvalue weighted by molar-refractivity contribution is 0.0925. The molecule has 3 aromatic carbocycles. The number of carbonyl (C=O) groups is 1. The third kappa shape index (κ3) is 6.26. The summed E-state index contributed by atoms with van der Waals surface area (Å²) < 4.78 is 27.8. The second kappa shape index (κ2) is 10.1. The van der Waals surface area contributed by atoms with E-state index in [1.807, 2.05) is 42.5 Å². The molecule has 0 unspecified atom stereocenters. The molecule has 0 aliphatic heterocycles. The molecule has 6 nitrogen and oxygen atoms in total. The zero-order valence-electron chi connectivity index (χ0n) is 18.5. The monoisotopic (exact) mass is 451 g/mol. The number of carbonyl (C=O) groups excluding carboxylic acids is 1. The quantitative estimate of drug-likeness (QED) is 0.453. The van der Waals surface area contributed by atoms with Gasteiger partial charge in [0.25, 0.3) is 5.91 Å². The van der Waals surface area contributed by atoms with Gasteiger partial charge in [0.2, 0.25) is 10.0 Å². The van der Waals surface area contributed by atoms with Crippen molar-refractivity contribution in [1.82, 2.24) is 15.6 Å². The largest absolute Gasteiger partial charge is 0.287 e. The predicted octanol–water partition coefficient (Wildman–Crippen LogP) is 3.94. The highest BCUT2D eigenvalue weighted by Gasteiger charge is 2.19. The van der Waals surface area contributed by atoms with Gasteiger partial charge in [0.1, 0.15) is 0 Å². The summed E-state index contributed by atoms with van der Waals surface area (Å²) in [6, 6.07) is 24.5. The van der Waals surface area contributed by atoms with E-state index in [-0.39, 0.29) is 22.8 Å². The van der Waals surface area contributed by atoms with E-state index in [0.717, 1.165) is 11.1 Å². The minimum absolute atomic E-state index is 0.00156. The van der Waals surface area contributed by atoms with Crippen LogP contribution >= 0.6 is 0 Å². The molecule has 1 amide bonds. The molecule has 3 N–H and O–H groups in total. The number of benzene rings is 3. The maximum absolute atomic E-state index is 12.7. The number of hydrogen-bond donors (Lipinski definition) is 3. The first-order valence-corrected chi connectivity index (χ1v) is 11.9. The van der Waals surface area contributed by atoms with E-state index in [0.29, 0.717) is 5.56 Å². The van der Waals surface area contributed by atoms with Gasteiger partial charge in [0, 0.05) is 12.1 Å². The zero-order chi connectivity index (χ0) is 23.2. The van der Waals surface area contributed by atoms with Gasteiger partial charge >= 0.3 is 0 Å². The molecule has 0 heterocycles. The Bertz CT molecular complexity index is 1120. The molecule has 0 aromatic heterocycles. The van der Waals surface area contributed by atoms with Crippen molar-refractivity contribution in [2.45, 2.75) is 37.1 Å². The predicted molar refractivity (Wildman–Crippen MR) is 127 cm³/mol. The summed E-state index contributed by atoms with van der Waals surface area (Å²) in [4.78, 5) is 12.8. The molecule has 3 rings (SSSR count). The molecule has 0 aliphatic carbocycles. The minimum Gasteiger partial charge on any atom is -0.287 e. The van der Waals surface area contributed by atoms with Gasteiger partial charge < -0.3 is 0 Å². The van der Waals surface area contributed by atoms with Crippen molar-refractivity contribution >= 4 is 15.9 Å². The Kier molecular flexibility index (Phi) is 7.45. The maximum atomic E-state index is 12.7. The number of nitrogens with one attached hydrogen (secondary N) is 3. The first-order chi connectivity index (χ1) is 15.2. The molecule has 7 heteroatoms. The van der Waals surface area contributed by atoms with E-state index in [4.69, 9.17) is 0 Å². The van der Waals surface area contributed by atoms with E-state index in [1.54, 1.807) is 30.3 Å². The number of hydrazine groups is 1. The Morgan fingerprint density at radius 2 is 1.41 bits per heavy atom. The minimum atomic E-state index is -3.68. The normalized spacial score (nSPS) is 12.8. The lowest BCUT2D eigenvalue weighted by Gasteiger charge is -2.21. The van der Waals surface area contributed by atoms with Crippen molar-refractivity contribution < 1.29 is 13.2 Å². The van der Waals surface area contributed by atoms with Crippen LogP contribution in [0.3, 0.4) is 0 Å². The van der Waals surface area contributed by atoms with Crippen molar-refractivity contribution in [1.29, 1.82) is 0 Å². The van der Waals surface area contributed by atoms with Gasteiger partial charge in [-0.25, -0.2) is 18.6 Å². The van der Waals surface area contributed by atoms with Crippen molar-refractivity contribution in [2.75, 3.05) is 6.54 Å². The fraction of sp³-hybridized carbons (Fsp3) is 0.240. The molecular formula is C25H29N3O3S. The Balaban J connectivity index is 1.69. The summed E-state index contributed by atoms with van der Waals surface area (Å²) in [5, 5.41) is 0. The van der Waals surface area contributed by atoms with Crippen LogP contribution in [-0.2, 0) is 15.4 Å². The Labute approximate surface area is 190 Å². The molecule has 1 atom stereocenters. The van der Waals surface area contributed by atoms with E-state index in [9.17, 15) is 13.2 Å². The molecule has 0 radical (unpaired) electrons. The maximum Gasteiger partial charge on any atom is 0.265 e. The van der Waals surface area contributed by atoms with E-state index >= 15 is 0 Å². The SMILES string of the molecule is CC(C)(C)c1ccc(C(=O)NN[C@@H](CNS(=O)(=O)c2ccccc2)c2ccccc2)cc1. The first kappa shape index (κ1) is 23.7. The lowest BCUT2D eigenvalue weighted by atomic mass is 9.87. The average molecular weight is 452 g/mol. The van der Waals surface area contributed by atoms with E-state index in [1.165, 1.54) is 12.1 Å². The zero-order valence-corrected chi connectivity index (χ0v) is 19.3. The molecule has 0 saturated heterocycles. The van der Waals surface area contributed by atoms with Gasteiger partial charge in [-0.3, -0.25) is 10.2 Å². The van der Waals surface area contributed by atoms with Gasteiger partial charge in [-0.1, -0.05) is 81.4 Å². The summed E-state index contributed by atoms with van der Waals surface area (Å²) in [5.41, 5.74) is 8.18. The van der Waals surface area contributed by atoms with Crippen LogP contribution in [0.25, 0.3) is 0 Å². The fourth-order valence-electron chi connectivity index (χ4n) is 3.16. The van der Waals surface area contributed by atoms with Gasteiger partial charge in [0.05, 0.1) is 10.9 Å². The van der Waals surface area contributed by atoms with Crippen molar-refractivity contribution in [3.05, 3.63) is 102 Å². The standard InChI is InChI=1S/C25H29N3O3S/c1-25(2,3)21-16-14-20(15-17-21)24(29)28-27-23(19-10-6-4-7-11-19)18-26-32(30,31)22-12-8-5-9-13-22/h4-17,23,26-27H,18H2,1-3H3,(H,28,29)/t23-/m0/s1. The third-order valence-corrected chi connectivity index (χ3v) is 6.55. The van der Waals surface area contributed by atoms with Crippen LogP contribution in [0, 0.1) is 0 Å². The van der Waals surface area contributed by atoms with Crippen LogP contribution < -0.4 is 15.6 Å². The van der Waals surface area contributed by atoms with Crippen LogP contribution in [0.15, 0.2) is 89.8 Å². The van der Waals surface area contributed by atoms with Crippen LogP contribution in [0.4, 0.5) is 0 Å². The second-order valence-electron chi connectivity index (χ2n) is 8.55.